The predicted molar refractivity (Wildman–Crippen MR) is 101 cm³/mol. The Hall–Kier alpha value is -2.04. The topological polar surface area (TPSA) is 41.6 Å². The largest absolute Gasteiger partial charge is 0.457 e. The average molecular weight is 359 g/mol. The van der Waals surface area contributed by atoms with Gasteiger partial charge in [-0.05, 0) is 55.8 Å². The van der Waals surface area contributed by atoms with Gasteiger partial charge in [0.25, 0.3) is 5.91 Å². The highest BCUT2D eigenvalue weighted by atomic mass is 35.5. The van der Waals surface area contributed by atoms with Gasteiger partial charge in [0.15, 0.2) is 0 Å². The summed E-state index contributed by atoms with van der Waals surface area (Å²) >= 11 is 5.92. The molecule has 25 heavy (non-hydrogen) atoms. The molecule has 2 aromatic rings. The van der Waals surface area contributed by atoms with Crippen molar-refractivity contribution < 1.29 is 9.53 Å². The molecule has 0 aliphatic carbocycles. The van der Waals surface area contributed by atoms with Crippen molar-refractivity contribution in [2.45, 2.75) is 25.8 Å². The molecule has 1 aliphatic heterocycles. The molecular weight excluding hydrogens is 336 g/mol. The summed E-state index contributed by atoms with van der Waals surface area (Å²) in [5.41, 5.74) is 0.595. The Kier molecular flexibility index (Phi) is 5.95. The van der Waals surface area contributed by atoms with Gasteiger partial charge in [-0.3, -0.25) is 4.79 Å². The quantitative estimate of drug-likeness (QED) is 0.834. The Morgan fingerprint density at radius 3 is 2.68 bits per heavy atom. The van der Waals surface area contributed by atoms with Crippen LogP contribution in [0.2, 0.25) is 5.02 Å². The number of hydrogen-bond donors (Lipinski definition) is 1. The zero-order chi connectivity index (χ0) is 17.6. The van der Waals surface area contributed by atoms with E-state index in [1.165, 1.54) is 0 Å². The van der Waals surface area contributed by atoms with Gasteiger partial charge in [-0.25, -0.2) is 0 Å². The van der Waals surface area contributed by atoms with Gasteiger partial charge in [0.05, 0.1) is 5.56 Å². The second-order valence-electron chi connectivity index (χ2n) is 6.20. The maximum Gasteiger partial charge on any atom is 0.257 e. The lowest BCUT2D eigenvalue weighted by atomic mass is 10.1. The smallest absolute Gasteiger partial charge is 0.257 e. The molecule has 0 spiro atoms. The van der Waals surface area contributed by atoms with Crippen molar-refractivity contribution in [3.63, 3.8) is 0 Å². The zero-order valence-electron chi connectivity index (χ0n) is 14.4. The number of ether oxygens (including phenoxy) is 1. The van der Waals surface area contributed by atoms with Crippen molar-refractivity contribution in [2.75, 3.05) is 19.6 Å². The summed E-state index contributed by atoms with van der Waals surface area (Å²) < 4.78 is 5.95. The lowest BCUT2D eigenvalue weighted by molar-refractivity contribution is 0.0689. The number of carbonyl (C=O) groups excluding carboxylic acids is 1. The van der Waals surface area contributed by atoms with Crippen molar-refractivity contribution in [3.05, 3.63) is 59.1 Å². The van der Waals surface area contributed by atoms with Crippen LogP contribution in [0.5, 0.6) is 11.5 Å². The Balaban J connectivity index is 1.85. The van der Waals surface area contributed by atoms with Crippen LogP contribution in [0.4, 0.5) is 0 Å². The van der Waals surface area contributed by atoms with E-state index < -0.39 is 0 Å². The van der Waals surface area contributed by atoms with E-state index in [2.05, 4.69) is 12.2 Å². The summed E-state index contributed by atoms with van der Waals surface area (Å²) in [6, 6.07) is 14.8. The molecule has 0 unspecified atom stereocenters. The van der Waals surface area contributed by atoms with Gasteiger partial charge in [0.1, 0.15) is 11.5 Å². The molecule has 0 radical (unpaired) electrons. The van der Waals surface area contributed by atoms with E-state index in [4.69, 9.17) is 16.3 Å². The van der Waals surface area contributed by atoms with E-state index in [9.17, 15) is 4.79 Å². The van der Waals surface area contributed by atoms with Crippen molar-refractivity contribution in [2.24, 2.45) is 0 Å². The Bertz CT molecular complexity index is 712. The minimum atomic E-state index is 0.0279. The van der Waals surface area contributed by atoms with Crippen LogP contribution >= 0.6 is 11.6 Å². The van der Waals surface area contributed by atoms with Gasteiger partial charge in [0.2, 0.25) is 0 Å². The molecule has 1 aliphatic rings. The number of rotatable bonds is 6. The standard InChI is InChI=1S/C20H23ClN2O2/c1-2-13-23(16-11-12-22-14-16)20(24)18-5-3-4-6-19(18)25-17-9-7-15(21)8-10-17/h3-10,16,22H,2,11-14H2,1H3/t16-/m0/s1. The minimum Gasteiger partial charge on any atom is -0.457 e. The first-order valence-corrected chi connectivity index (χ1v) is 9.11. The normalized spacial score (nSPS) is 16.6. The van der Waals surface area contributed by atoms with Crippen LogP contribution in [0.15, 0.2) is 48.5 Å². The number of para-hydroxylation sites is 1. The van der Waals surface area contributed by atoms with E-state index in [0.717, 1.165) is 32.5 Å². The highest BCUT2D eigenvalue weighted by Crippen LogP contribution is 2.28. The summed E-state index contributed by atoms with van der Waals surface area (Å²) in [5, 5.41) is 3.99. The fraction of sp³-hybridized carbons (Fsp3) is 0.350. The van der Waals surface area contributed by atoms with E-state index in [-0.39, 0.29) is 11.9 Å². The van der Waals surface area contributed by atoms with Crippen LogP contribution in [-0.4, -0.2) is 36.5 Å². The van der Waals surface area contributed by atoms with E-state index >= 15 is 0 Å². The zero-order valence-corrected chi connectivity index (χ0v) is 15.1. The molecule has 0 saturated carbocycles. The summed E-state index contributed by atoms with van der Waals surface area (Å²) in [5.74, 6) is 1.26. The van der Waals surface area contributed by atoms with Gasteiger partial charge in [-0.2, -0.15) is 0 Å². The summed E-state index contributed by atoms with van der Waals surface area (Å²) in [7, 11) is 0. The minimum absolute atomic E-state index is 0.0279. The van der Waals surface area contributed by atoms with Crippen LogP contribution in [0.1, 0.15) is 30.1 Å². The van der Waals surface area contributed by atoms with Gasteiger partial charge in [0, 0.05) is 24.2 Å². The van der Waals surface area contributed by atoms with Crippen molar-refractivity contribution in [3.8, 4) is 11.5 Å². The molecule has 1 amide bonds. The molecule has 1 saturated heterocycles. The number of nitrogens with zero attached hydrogens (tertiary/aromatic N) is 1. The van der Waals surface area contributed by atoms with Crippen LogP contribution in [-0.2, 0) is 0 Å². The number of nitrogens with one attached hydrogen (secondary N) is 1. The molecule has 2 aromatic carbocycles. The lowest BCUT2D eigenvalue weighted by Gasteiger charge is -2.29. The molecule has 1 N–H and O–H groups in total. The first kappa shape index (κ1) is 17.8. The molecular formula is C20H23ClN2O2. The third kappa shape index (κ3) is 4.33. The fourth-order valence-corrected chi connectivity index (χ4v) is 3.24. The summed E-state index contributed by atoms with van der Waals surface area (Å²) in [6.07, 6.45) is 1.92. The van der Waals surface area contributed by atoms with E-state index in [1.807, 2.05) is 29.2 Å². The SMILES string of the molecule is CCCN(C(=O)c1ccccc1Oc1ccc(Cl)cc1)[C@H]1CCNC1. The van der Waals surface area contributed by atoms with E-state index in [1.54, 1.807) is 24.3 Å². The van der Waals surface area contributed by atoms with Crippen molar-refractivity contribution in [1.29, 1.82) is 0 Å². The van der Waals surface area contributed by atoms with Crippen molar-refractivity contribution in [1.82, 2.24) is 10.2 Å². The molecule has 1 atom stereocenters. The van der Waals surface area contributed by atoms with Gasteiger partial charge >= 0.3 is 0 Å². The molecule has 132 valence electrons. The number of hydrogen-bond acceptors (Lipinski definition) is 3. The van der Waals surface area contributed by atoms with Gasteiger partial charge in [-0.15, -0.1) is 0 Å². The molecule has 1 heterocycles. The Morgan fingerprint density at radius 2 is 2.00 bits per heavy atom. The maximum absolute atomic E-state index is 13.2. The summed E-state index contributed by atoms with van der Waals surface area (Å²) in [4.78, 5) is 15.2. The van der Waals surface area contributed by atoms with Crippen LogP contribution < -0.4 is 10.1 Å². The molecule has 5 heteroatoms. The number of halogens is 1. The van der Waals surface area contributed by atoms with Gasteiger partial charge < -0.3 is 15.0 Å². The van der Waals surface area contributed by atoms with Crippen LogP contribution in [0.3, 0.4) is 0 Å². The lowest BCUT2D eigenvalue weighted by Crippen LogP contribution is -2.42. The highest BCUT2D eigenvalue weighted by molar-refractivity contribution is 6.30. The number of amides is 1. The van der Waals surface area contributed by atoms with Crippen LogP contribution in [0, 0.1) is 0 Å². The third-order valence-electron chi connectivity index (χ3n) is 4.36. The second kappa shape index (κ2) is 8.37. The third-order valence-corrected chi connectivity index (χ3v) is 4.61. The van der Waals surface area contributed by atoms with Crippen molar-refractivity contribution >= 4 is 17.5 Å². The number of carbonyl (C=O) groups is 1. The molecule has 0 bridgehead atoms. The Morgan fingerprint density at radius 1 is 1.24 bits per heavy atom. The molecule has 3 rings (SSSR count). The van der Waals surface area contributed by atoms with Gasteiger partial charge in [-0.1, -0.05) is 30.7 Å². The molecule has 1 fully saturated rings. The summed E-state index contributed by atoms with van der Waals surface area (Å²) in [6.45, 7) is 4.66. The molecule has 0 aromatic heterocycles. The fourth-order valence-electron chi connectivity index (χ4n) is 3.11. The Labute approximate surface area is 153 Å². The highest BCUT2D eigenvalue weighted by Gasteiger charge is 2.28. The average Bonchev–Trinajstić information content (AvgIpc) is 3.16. The molecule has 4 nitrogen and oxygen atoms in total. The first-order chi connectivity index (χ1) is 12.2. The predicted octanol–water partition coefficient (Wildman–Crippen LogP) is 4.35. The number of benzene rings is 2. The van der Waals surface area contributed by atoms with E-state index in [0.29, 0.717) is 22.1 Å². The first-order valence-electron chi connectivity index (χ1n) is 8.73. The maximum atomic E-state index is 13.2. The second-order valence-corrected chi connectivity index (χ2v) is 6.63. The van der Waals surface area contributed by atoms with Crippen LogP contribution in [0.25, 0.3) is 0 Å². The monoisotopic (exact) mass is 358 g/mol.